The first-order valence-corrected chi connectivity index (χ1v) is 34.6. The summed E-state index contributed by atoms with van der Waals surface area (Å²) in [4.78, 5) is 97.3. The first-order chi connectivity index (χ1) is 36.3. The Morgan fingerprint density at radius 1 is 0.640 bits per heavy atom. The number of carbonyl (C=O) groups is 6. The Hall–Kier alpha value is -6.11. The SMILES string of the molecule is C=Cc1ncc(Cl)c2c(C(=O)C(=O)N3CCN(C(=O)c4ccccc4)CC3)c[nH]c12.C=[CH][Sn]([CH2]CCC)([CH2]CCC)[CH2]CCC.COc1cnc(Br)c2[nH]cc(C(=O)C(=O)N3CCN(C(=O)c4ccccc4)CC3)c12. The number of hydrogen-bond donors (Lipinski definition) is 2. The fourth-order valence-corrected chi connectivity index (χ4v) is 23.0. The maximum absolute atomic E-state index is 13.0. The first-order valence-electron chi connectivity index (χ1n) is 25.7. The number of nitrogens with one attached hydrogen (secondary N) is 2. The Bertz CT molecular complexity index is 2950. The van der Waals surface area contributed by atoms with E-state index in [1.807, 2.05) is 36.4 Å². The van der Waals surface area contributed by atoms with Crippen LogP contribution in [0.4, 0.5) is 0 Å². The molecule has 6 heterocycles. The molecule has 0 radical (unpaired) electrons. The van der Waals surface area contributed by atoms with Gasteiger partial charge in [0.2, 0.25) is 0 Å². The molecule has 4 amide bonds. The van der Waals surface area contributed by atoms with Gasteiger partial charge in [0, 0.05) is 87.5 Å². The second-order valence-corrected chi connectivity index (χ2v) is 33.0. The number of nitrogens with zero attached hydrogens (tertiary/aromatic N) is 6. The van der Waals surface area contributed by atoms with Crippen molar-refractivity contribution in [1.29, 1.82) is 0 Å². The second kappa shape index (κ2) is 28.1. The van der Waals surface area contributed by atoms with E-state index in [0.717, 1.165) is 0 Å². The summed E-state index contributed by atoms with van der Waals surface area (Å²) in [5, 5.41) is 1.25. The van der Waals surface area contributed by atoms with Gasteiger partial charge in [-0.1, -0.05) is 54.6 Å². The molecule has 0 aliphatic carbocycles. The summed E-state index contributed by atoms with van der Waals surface area (Å²) in [7, 11) is 1.48. The fraction of sp³-hybridized carbons (Fsp3) is 0.368. The van der Waals surface area contributed by atoms with Crippen molar-refractivity contribution in [3.05, 3.63) is 140 Å². The number of ether oxygens (including phenoxy) is 1. The molecule has 0 unspecified atom stereocenters. The van der Waals surface area contributed by atoms with Crippen molar-refractivity contribution < 1.29 is 33.5 Å². The Kier molecular flexibility index (Phi) is 21.8. The molecule has 18 heteroatoms. The monoisotopic (exact) mass is 1210 g/mol. The predicted octanol–water partition coefficient (Wildman–Crippen LogP) is 11.1. The van der Waals surface area contributed by atoms with Crippen molar-refractivity contribution in [2.24, 2.45) is 0 Å². The van der Waals surface area contributed by atoms with Gasteiger partial charge in [0.1, 0.15) is 10.4 Å². The van der Waals surface area contributed by atoms with Crippen LogP contribution in [0.3, 0.4) is 0 Å². The number of Topliss-reactive ketones (excluding diaryl/α,β-unsaturated/α-hetero) is 2. The molecule has 0 bridgehead atoms. The Labute approximate surface area is 457 Å². The van der Waals surface area contributed by atoms with Crippen LogP contribution in [0.25, 0.3) is 27.9 Å². The van der Waals surface area contributed by atoms with Gasteiger partial charge in [-0.2, -0.15) is 0 Å². The number of H-pyrrole nitrogens is 2. The molecular weight excluding hydrogens is 1140 g/mol. The number of piperazine rings is 2. The molecule has 8 rings (SSSR count). The third kappa shape index (κ3) is 14.2. The summed E-state index contributed by atoms with van der Waals surface area (Å²) < 4.78 is 13.0. The Balaban J connectivity index is 0.000000194. The van der Waals surface area contributed by atoms with E-state index in [2.05, 4.69) is 73.9 Å². The molecular formula is C57H68BrClN8O7Sn. The quantitative estimate of drug-likeness (QED) is 0.0366. The van der Waals surface area contributed by atoms with E-state index in [9.17, 15) is 28.8 Å². The average molecular weight is 1210 g/mol. The molecule has 2 aliphatic rings. The molecule has 4 aromatic heterocycles. The zero-order valence-corrected chi connectivity index (χ0v) is 48.7. The molecule has 0 saturated carbocycles. The molecule has 2 saturated heterocycles. The fourth-order valence-electron chi connectivity index (χ4n) is 9.42. The average Bonchev–Trinajstić information content (AvgIpc) is 4.13. The van der Waals surface area contributed by atoms with Gasteiger partial charge in [0.05, 0.1) is 51.6 Å². The normalized spacial score (nSPS) is 13.6. The topological polar surface area (TPSA) is 182 Å². The van der Waals surface area contributed by atoms with Crippen molar-refractivity contribution in [2.45, 2.75) is 72.6 Å². The van der Waals surface area contributed by atoms with E-state index in [1.165, 1.54) is 80.2 Å². The third-order valence-electron chi connectivity index (χ3n) is 13.9. The van der Waals surface area contributed by atoms with Crippen molar-refractivity contribution in [1.82, 2.24) is 39.5 Å². The maximum atomic E-state index is 13.0. The maximum Gasteiger partial charge on any atom is 0.295 e. The van der Waals surface area contributed by atoms with Crippen LogP contribution >= 0.6 is 27.5 Å². The van der Waals surface area contributed by atoms with Crippen LogP contribution < -0.4 is 4.74 Å². The van der Waals surface area contributed by atoms with Gasteiger partial charge >= 0.3 is 102 Å². The molecule has 396 valence electrons. The van der Waals surface area contributed by atoms with Crippen molar-refractivity contribution in [2.75, 3.05) is 59.5 Å². The van der Waals surface area contributed by atoms with Crippen LogP contribution in [-0.2, 0) is 9.59 Å². The molecule has 6 aromatic rings. The van der Waals surface area contributed by atoms with Gasteiger partial charge in [-0.3, -0.25) is 33.8 Å². The Morgan fingerprint density at radius 3 is 1.48 bits per heavy atom. The van der Waals surface area contributed by atoms with Crippen LogP contribution in [0.15, 0.2) is 107 Å². The van der Waals surface area contributed by atoms with Gasteiger partial charge < -0.3 is 34.3 Å². The van der Waals surface area contributed by atoms with Crippen LogP contribution in [0.2, 0.25) is 18.3 Å². The summed E-state index contributed by atoms with van der Waals surface area (Å²) in [6.45, 7) is 17.5. The van der Waals surface area contributed by atoms with E-state index in [0.29, 0.717) is 101 Å². The molecule has 2 aliphatic heterocycles. The molecule has 75 heavy (non-hydrogen) atoms. The number of rotatable bonds is 18. The van der Waals surface area contributed by atoms with E-state index in [4.69, 9.17) is 16.3 Å². The van der Waals surface area contributed by atoms with Gasteiger partial charge in [-0.25, -0.2) is 4.98 Å². The number of aromatic amines is 2. The van der Waals surface area contributed by atoms with Crippen molar-refractivity contribution in [3.63, 3.8) is 0 Å². The second-order valence-electron chi connectivity index (χ2n) is 18.7. The van der Waals surface area contributed by atoms with Crippen LogP contribution in [-0.4, -0.2) is 153 Å². The van der Waals surface area contributed by atoms with E-state index in [-0.39, 0.29) is 28.0 Å². The van der Waals surface area contributed by atoms with Crippen LogP contribution in [0.1, 0.15) is 106 Å². The van der Waals surface area contributed by atoms with Gasteiger partial charge in [-0.15, -0.1) is 0 Å². The summed E-state index contributed by atoms with van der Waals surface area (Å²) in [6.07, 6.45) is 15.9. The largest absolute Gasteiger partial charge is 0.494 e. The number of amides is 4. The smallest absolute Gasteiger partial charge is 0.295 e. The number of halogens is 2. The summed E-state index contributed by atoms with van der Waals surface area (Å²) >= 11 is 7.72. The van der Waals surface area contributed by atoms with Crippen LogP contribution in [0.5, 0.6) is 5.75 Å². The van der Waals surface area contributed by atoms with Crippen LogP contribution in [0, 0.1) is 0 Å². The number of unbranched alkanes of at least 4 members (excludes halogenated alkanes) is 3. The number of hydrogen-bond acceptors (Lipinski definition) is 9. The Morgan fingerprint density at radius 2 is 1.07 bits per heavy atom. The molecule has 0 spiro atoms. The van der Waals surface area contributed by atoms with Gasteiger partial charge in [-0.05, 0) is 46.3 Å². The number of methoxy groups -OCH3 is 1. The van der Waals surface area contributed by atoms with E-state index in [1.54, 1.807) is 53.5 Å². The number of aromatic nitrogens is 4. The number of carbonyl (C=O) groups excluding carboxylic acids is 6. The summed E-state index contributed by atoms with van der Waals surface area (Å²) in [5.41, 5.74) is 3.35. The number of pyridine rings is 2. The number of fused-ring (bicyclic) bond motifs is 2. The molecule has 2 aromatic carbocycles. The number of ketones is 2. The first kappa shape index (κ1) is 58.2. The minimum Gasteiger partial charge on any atom is -0.494 e. The predicted molar refractivity (Wildman–Crippen MR) is 303 cm³/mol. The summed E-state index contributed by atoms with van der Waals surface area (Å²) in [5.74, 6) is -2.24. The van der Waals surface area contributed by atoms with Crippen molar-refractivity contribution in [3.8, 4) is 5.75 Å². The zero-order valence-electron chi connectivity index (χ0n) is 43.5. The number of benzene rings is 2. The molecule has 2 fully saturated rings. The minimum absolute atomic E-state index is 0.0762. The van der Waals surface area contributed by atoms with Gasteiger partial charge in [0.25, 0.3) is 35.2 Å². The van der Waals surface area contributed by atoms with E-state index < -0.39 is 41.8 Å². The molecule has 15 nitrogen and oxygen atoms in total. The minimum atomic E-state index is -1.85. The van der Waals surface area contributed by atoms with Crippen molar-refractivity contribution >= 4 is 109 Å². The zero-order chi connectivity index (χ0) is 54.1. The molecule has 0 atom stereocenters. The standard InChI is InChI=1S/C22H19ClN4O3.C21H19BrN4O4.3C4H9.C2H3.Sn/c1-2-17-19-18(16(23)13-24-17)15(12-25-19)20(28)22(30)27-10-8-26(9-11-27)21(29)14-6-4-3-5-7-14;1-30-15-12-24-19(22)17-16(15)14(11-23-17)18(27)21(29)26-9-7-25(8-10-26)20(28)13-5-3-2-4-6-13;3*1-3-4-2;1-2;/h2-7,12-13,25H,1,8-11H2;2-6,11-12,23H,7-10H2,1H3;3*1,3-4H2,2H3;1H,2H2;. The van der Waals surface area contributed by atoms with E-state index >= 15 is 0 Å². The van der Waals surface area contributed by atoms with Gasteiger partial charge in [0.15, 0.2) is 0 Å². The third-order valence-corrected chi connectivity index (χ3v) is 28.8. The molecule has 2 N–H and O–H groups in total. The summed E-state index contributed by atoms with van der Waals surface area (Å²) in [6, 6.07) is 18.0.